The molecule has 310 valence electrons. The lowest BCUT2D eigenvalue weighted by Crippen LogP contribution is -2.26. The number of thiophene rings is 1. The minimum atomic E-state index is -0.501. The molecule has 1 aromatic heterocycles. The maximum atomic E-state index is 2.53. The third-order valence-electron chi connectivity index (χ3n) is 15.1. The van der Waals surface area contributed by atoms with Gasteiger partial charge in [-0.3, -0.25) is 0 Å². The molecule has 0 bridgehead atoms. The summed E-state index contributed by atoms with van der Waals surface area (Å²) in [5, 5.41) is 2.64. The Kier molecular flexibility index (Phi) is 7.89. The lowest BCUT2D eigenvalue weighted by Gasteiger charge is -2.32. The van der Waals surface area contributed by atoms with Crippen LogP contribution in [-0.2, 0) is 10.8 Å². The molecule has 0 N–H and O–H groups in total. The van der Waals surface area contributed by atoms with Crippen molar-refractivity contribution in [1.82, 2.24) is 0 Å². The third-order valence-corrected chi connectivity index (χ3v) is 16.3. The Morgan fingerprint density at radius 3 is 1.58 bits per heavy atom. The van der Waals surface area contributed by atoms with Crippen molar-refractivity contribution < 1.29 is 0 Å². The highest BCUT2D eigenvalue weighted by Gasteiger charge is 2.52. The number of hydrogen-bond donors (Lipinski definition) is 0. The number of benzene rings is 10. The Hall–Kier alpha value is -7.78. The minimum Gasteiger partial charge on any atom is -0.310 e. The lowest BCUT2D eigenvalue weighted by molar-refractivity contribution is 0.660. The van der Waals surface area contributed by atoms with Crippen LogP contribution >= 0.6 is 11.3 Å². The van der Waals surface area contributed by atoms with Crippen LogP contribution in [0.1, 0.15) is 47.2 Å². The molecule has 0 amide bonds. The Morgan fingerprint density at radius 1 is 0.333 bits per heavy atom. The normalized spacial score (nSPS) is 14.2. The summed E-state index contributed by atoms with van der Waals surface area (Å²) in [5.41, 5.74) is 23.7. The van der Waals surface area contributed by atoms with Crippen molar-refractivity contribution in [1.29, 1.82) is 0 Å². The van der Waals surface area contributed by atoms with E-state index in [0.29, 0.717) is 0 Å². The van der Waals surface area contributed by atoms with Gasteiger partial charge < -0.3 is 4.90 Å². The fourth-order valence-electron chi connectivity index (χ4n) is 12.2. The summed E-state index contributed by atoms with van der Waals surface area (Å²) in [7, 11) is 0. The topological polar surface area (TPSA) is 3.24 Å². The second-order valence-electron chi connectivity index (χ2n) is 18.7. The maximum absolute atomic E-state index is 2.53. The van der Waals surface area contributed by atoms with Crippen LogP contribution in [0, 0.1) is 0 Å². The van der Waals surface area contributed by atoms with Crippen molar-refractivity contribution in [3.05, 3.63) is 258 Å². The molecule has 0 unspecified atom stereocenters. The highest BCUT2D eigenvalue weighted by molar-refractivity contribution is 7.26. The molecule has 11 aromatic rings. The number of nitrogens with zero attached hydrogens (tertiary/aromatic N) is 1. The van der Waals surface area contributed by atoms with E-state index in [4.69, 9.17) is 0 Å². The van der Waals surface area contributed by atoms with Crippen LogP contribution < -0.4 is 4.90 Å². The van der Waals surface area contributed by atoms with Crippen LogP contribution in [0.3, 0.4) is 0 Å². The first-order valence-corrected chi connectivity index (χ1v) is 23.9. The Bertz CT molecular complexity index is 3750. The van der Waals surface area contributed by atoms with Gasteiger partial charge >= 0.3 is 0 Å². The smallest absolute Gasteiger partial charge is 0.0726 e. The second kappa shape index (κ2) is 13.9. The van der Waals surface area contributed by atoms with E-state index >= 15 is 0 Å². The van der Waals surface area contributed by atoms with Crippen molar-refractivity contribution in [3.63, 3.8) is 0 Å². The molecule has 1 nitrogen and oxygen atoms in total. The standard InChI is InChI=1S/C64H43NS/c1-63(2)54-25-10-6-18-47(54)50-36-34-43(38-58(50)63)65(42-32-30-41(31-33-42)46-23-14-24-52-51-21-9-13-29-60(51)66-62(46)52)44-35-37-53-59(39-44)64(55-26-11-7-19-48(55)49-20-8-12-27-56(49)64)57-28-15-22-45(61(53)57)40-16-4-3-5-17-40/h3-39H,1-2H3. The van der Waals surface area contributed by atoms with Crippen LogP contribution in [0.25, 0.3) is 75.8 Å². The average Bonchev–Trinajstić information content (AvgIpc) is 4.07. The molecule has 1 spiro atoms. The summed E-state index contributed by atoms with van der Waals surface area (Å²) in [6, 6.07) is 84.5. The highest BCUT2D eigenvalue weighted by Crippen LogP contribution is 2.65. The molecule has 0 atom stereocenters. The first kappa shape index (κ1) is 37.6. The molecule has 66 heavy (non-hydrogen) atoms. The number of hydrogen-bond acceptors (Lipinski definition) is 2. The highest BCUT2D eigenvalue weighted by atomic mass is 32.1. The minimum absolute atomic E-state index is 0.144. The number of anilines is 3. The van der Waals surface area contributed by atoms with Crippen LogP contribution in [0.2, 0.25) is 0 Å². The lowest BCUT2D eigenvalue weighted by atomic mass is 9.70. The van der Waals surface area contributed by atoms with E-state index in [1.165, 1.54) is 109 Å². The summed E-state index contributed by atoms with van der Waals surface area (Å²) in [6.07, 6.45) is 0. The van der Waals surface area contributed by atoms with E-state index in [0.717, 1.165) is 17.1 Å². The Balaban J connectivity index is 1.01. The van der Waals surface area contributed by atoms with Crippen LogP contribution in [-0.4, -0.2) is 0 Å². The number of rotatable bonds is 5. The van der Waals surface area contributed by atoms with Crippen LogP contribution in [0.4, 0.5) is 17.1 Å². The van der Waals surface area contributed by atoms with Crippen molar-refractivity contribution >= 4 is 48.6 Å². The van der Waals surface area contributed by atoms with E-state index in [1.807, 2.05) is 11.3 Å². The van der Waals surface area contributed by atoms with Crippen molar-refractivity contribution in [2.24, 2.45) is 0 Å². The van der Waals surface area contributed by atoms with Gasteiger partial charge in [-0.2, -0.15) is 0 Å². The molecular formula is C64H43NS. The van der Waals surface area contributed by atoms with Crippen molar-refractivity contribution in [2.75, 3.05) is 4.90 Å². The van der Waals surface area contributed by atoms with Gasteiger partial charge in [-0.15, -0.1) is 11.3 Å². The first-order chi connectivity index (χ1) is 32.5. The zero-order valence-corrected chi connectivity index (χ0v) is 37.5. The average molecular weight is 858 g/mol. The van der Waals surface area contributed by atoms with Gasteiger partial charge in [0.1, 0.15) is 0 Å². The van der Waals surface area contributed by atoms with E-state index in [9.17, 15) is 0 Å². The van der Waals surface area contributed by atoms with Gasteiger partial charge in [0, 0.05) is 42.6 Å². The van der Waals surface area contributed by atoms with Gasteiger partial charge in [0.15, 0.2) is 0 Å². The molecule has 1 heterocycles. The van der Waals surface area contributed by atoms with E-state index in [1.54, 1.807) is 0 Å². The van der Waals surface area contributed by atoms with Gasteiger partial charge in [0.05, 0.1) is 5.41 Å². The van der Waals surface area contributed by atoms with E-state index in [2.05, 4.69) is 243 Å². The first-order valence-electron chi connectivity index (χ1n) is 23.1. The van der Waals surface area contributed by atoms with Gasteiger partial charge in [-0.05, 0) is 131 Å². The van der Waals surface area contributed by atoms with Crippen molar-refractivity contribution in [2.45, 2.75) is 24.7 Å². The molecule has 0 aliphatic heterocycles. The second-order valence-corrected chi connectivity index (χ2v) is 19.8. The van der Waals surface area contributed by atoms with E-state index < -0.39 is 5.41 Å². The molecule has 10 aromatic carbocycles. The molecule has 2 heteroatoms. The largest absolute Gasteiger partial charge is 0.310 e. The molecule has 0 fully saturated rings. The fourth-order valence-corrected chi connectivity index (χ4v) is 13.5. The van der Waals surface area contributed by atoms with E-state index in [-0.39, 0.29) is 5.41 Å². The fraction of sp³-hybridized carbons (Fsp3) is 0.0625. The summed E-state index contributed by atoms with van der Waals surface area (Å²) < 4.78 is 2.66. The molecule has 14 rings (SSSR count). The number of fused-ring (bicyclic) bond motifs is 16. The molecule has 3 aliphatic rings. The quantitative estimate of drug-likeness (QED) is 0.167. The SMILES string of the molecule is CC1(C)c2ccccc2-c2ccc(N(c3ccc(-c4cccc5c4sc4ccccc45)cc3)c3ccc4c(c3)C3(c5ccccc5-c5ccccc53)c3cccc(-c5ccccc5)c3-4)cc21. The molecule has 3 aliphatic carbocycles. The molecular weight excluding hydrogens is 815 g/mol. The van der Waals surface area contributed by atoms with Crippen molar-refractivity contribution in [3.8, 4) is 55.6 Å². The predicted molar refractivity (Wildman–Crippen MR) is 279 cm³/mol. The van der Waals surface area contributed by atoms with Crippen LogP contribution in [0.5, 0.6) is 0 Å². The summed E-state index contributed by atoms with van der Waals surface area (Å²) in [6.45, 7) is 4.76. The van der Waals surface area contributed by atoms with Gasteiger partial charge in [-0.1, -0.05) is 196 Å². The summed E-state index contributed by atoms with van der Waals surface area (Å²) in [4.78, 5) is 2.50. The zero-order valence-electron chi connectivity index (χ0n) is 36.7. The Labute approximate surface area is 389 Å². The Morgan fingerprint density at radius 2 is 0.833 bits per heavy atom. The maximum Gasteiger partial charge on any atom is 0.0726 e. The molecule has 0 saturated heterocycles. The monoisotopic (exact) mass is 857 g/mol. The predicted octanol–water partition coefficient (Wildman–Crippen LogP) is 17.5. The summed E-state index contributed by atoms with van der Waals surface area (Å²) >= 11 is 1.89. The van der Waals surface area contributed by atoms with Crippen LogP contribution in [0.15, 0.2) is 224 Å². The third kappa shape index (κ3) is 5.05. The molecule has 0 saturated carbocycles. The van der Waals surface area contributed by atoms with Gasteiger partial charge in [0.25, 0.3) is 0 Å². The van der Waals surface area contributed by atoms with Gasteiger partial charge in [-0.25, -0.2) is 0 Å². The van der Waals surface area contributed by atoms with Gasteiger partial charge in [0.2, 0.25) is 0 Å². The summed E-state index contributed by atoms with van der Waals surface area (Å²) in [5.74, 6) is 0. The molecule has 0 radical (unpaired) electrons. The zero-order chi connectivity index (χ0) is 43.7.